The van der Waals surface area contributed by atoms with Crippen molar-refractivity contribution in [2.75, 3.05) is 0 Å². The SMILES string of the molecule is N=C(N)c1ccncc1Oc1ccc([N+](=O)[O-])c(F)c1. The highest BCUT2D eigenvalue weighted by molar-refractivity contribution is 5.97. The molecule has 2 rings (SSSR count). The third-order valence-corrected chi connectivity index (χ3v) is 2.42. The predicted molar refractivity (Wildman–Crippen MR) is 68.4 cm³/mol. The number of amidine groups is 1. The smallest absolute Gasteiger partial charge is 0.305 e. The Labute approximate surface area is 112 Å². The first kappa shape index (κ1) is 13.4. The average molecular weight is 276 g/mol. The van der Waals surface area contributed by atoms with E-state index in [-0.39, 0.29) is 17.3 Å². The molecule has 0 unspecified atom stereocenters. The van der Waals surface area contributed by atoms with Crippen molar-refractivity contribution in [1.29, 1.82) is 5.41 Å². The third-order valence-electron chi connectivity index (χ3n) is 2.42. The van der Waals surface area contributed by atoms with Gasteiger partial charge in [-0.05, 0) is 12.1 Å². The van der Waals surface area contributed by atoms with E-state index in [2.05, 4.69) is 4.98 Å². The van der Waals surface area contributed by atoms with Crippen LogP contribution in [0.2, 0.25) is 0 Å². The van der Waals surface area contributed by atoms with E-state index in [0.29, 0.717) is 5.56 Å². The second-order valence-corrected chi connectivity index (χ2v) is 3.76. The Bertz CT molecular complexity index is 690. The van der Waals surface area contributed by atoms with Crippen LogP contribution in [0.5, 0.6) is 11.5 Å². The maximum atomic E-state index is 13.5. The summed E-state index contributed by atoms with van der Waals surface area (Å²) in [6.45, 7) is 0. The van der Waals surface area contributed by atoms with Crippen LogP contribution >= 0.6 is 0 Å². The van der Waals surface area contributed by atoms with Gasteiger partial charge in [0.25, 0.3) is 0 Å². The van der Waals surface area contributed by atoms with Gasteiger partial charge >= 0.3 is 5.69 Å². The first-order valence-electron chi connectivity index (χ1n) is 5.39. The third kappa shape index (κ3) is 2.69. The summed E-state index contributed by atoms with van der Waals surface area (Å²) < 4.78 is 18.8. The molecule has 0 amide bonds. The van der Waals surface area contributed by atoms with E-state index in [9.17, 15) is 14.5 Å². The second kappa shape index (κ2) is 5.31. The van der Waals surface area contributed by atoms with Gasteiger partial charge in [-0.3, -0.25) is 20.5 Å². The van der Waals surface area contributed by atoms with Crippen LogP contribution < -0.4 is 10.5 Å². The molecule has 0 aliphatic rings. The van der Waals surface area contributed by atoms with Crippen molar-refractivity contribution in [1.82, 2.24) is 4.98 Å². The minimum Gasteiger partial charge on any atom is -0.455 e. The molecule has 1 aromatic heterocycles. The summed E-state index contributed by atoms with van der Waals surface area (Å²) >= 11 is 0. The van der Waals surface area contributed by atoms with Crippen molar-refractivity contribution in [3.63, 3.8) is 0 Å². The lowest BCUT2D eigenvalue weighted by Crippen LogP contribution is -2.12. The number of benzene rings is 1. The average Bonchev–Trinajstić information content (AvgIpc) is 2.38. The van der Waals surface area contributed by atoms with Gasteiger partial charge in [0.05, 0.1) is 16.7 Å². The van der Waals surface area contributed by atoms with Crippen LogP contribution in [-0.4, -0.2) is 15.7 Å². The van der Waals surface area contributed by atoms with E-state index < -0.39 is 16.4 Å². The summed E-state index contributed by atoms with van der Waals surface area (Å²) in [7, 11) is 0. The minimum atomic E-state index is -1.01. The Morgan fingerprint density at radius 3 is 2.80 bits per heavy atom. The van der Waals surface area contributed by atoms with Crippen LogP contribution in [-0.2, 0) is 0 Å². The van der Waals surface area contributed by atoms with Crippen LogP contribution in [0, 0.1) is 21.3 Å². The van der Waals surface area contributed by atoms with Crippen LogP contribution in [0.1, 0.15) is 5.56 Å². The molecule has 0 fully saturated rings. The number of ether oxygens (including phenoxy) is 1. The topological polar surface area (TPSA) is 115 Å². The predicted octanol–water partition coefficient (Wildman–Crippen LogP) is 2.21. The normalized spacial score (nSPS) is 10.1. The van der Waals surface area contributed by atoms with Crippen molar-refractivity contribution >= 4 is 11.5 Å². The lowest BCUT2D eigenvalue weighted by atomic mass is 10.2. The maximum Gasteiger partial charge on any atom is 0.305 e. The van der Waals surface area contributed by atoms with Gasteiger partial charge in [-0.1, -0.05) is 0 Å². The van der Waals surface area contributed by atoms with Gasteiger partial charge in [0.15, 0.2) is 5.75 Å². The van der Waals surface area contributed by atoms with Crippen molar-refractivity contribution in [2.24, 2.45) is 5.73 Å². The summed E-state index contributed by atoms with van der Waals surface area (Å²) in [6, 6.07) is 4.60. The fourth-order valence-electron chi connectivity index (χ4n) is 1.51. The number of pyridine rings is 1. The Kier molecular flexibility index (Phi) is 3.56. The molecule has 2 aromatic rings. The first-order chi connectivity index (χ1) is 9.49. The van der Waals surface area contributed by atoms with Crippen LogP contribution in [0.25, 0.3) is 0 Å². The number of aromatic nitrogens is 1. The van der Waals surface area contributed by atoms with Crippen LogP contribution in [0.4, 0.5) is 10.1 Å². The van der Waals surface area contributed by atoms with Gasteiger partial charge in [0.1, 0.15) is 11.6 Å². The molecule has 102 valence electrons. The largest absolute Gasteiger partial charge is 0.455 e. The standard InChI is InChI=1S/C12H9FN4O3/c13-9-5-7(1-2-10(9)17(18)19)20-11-6-16-4-3-8(11)12(14)15/h1-6H,(H3,14,15). The van der Waals surface area contributed by atoms with Gasteiger partial charge in [-0.2, -0.15) is 4.39 Å². The number of hydrogen-bond donors (Lipinski definition) is 2. The molecule has 1 heterocycles. The van der Waals surface area contributed by atoms with Gasteiger partial charge in [0, 0.05) is 18.3 Å². The van der Waals surface area contributed by atoms with E-state index >= 15 is 0 Å². The number of nitrogens with one attached hydrogen (secondary N) is 1. The number of nitro groups is 1. The summed E-state index contributed by atoms with van der Waals surface area (Å²) in [4.78, 5) is 13.5. The molecule has 1 aromatic carbocycles. The van der Waals surface area contributed by atoms with Crippen LogP contribution in [0.3, 0.4) is 0 Å². The lowest BCUT2D eigenvalue weighted by Gasteiger charge is -2.09. The molecule has 0 radical (unpaired) electrons. The van der Waals surface area contributed by atoms with Gasteiger partial charge in [-0.25, -0.2) is 0 Å². The highest BCUT2D eigenvalue weighted by Crippen LogP contribution is 2.28. The highest BCUT2D eigenvalue weighted by Gasteiger charge is 2.15. The summed E-state index contributed by atoms with van der Waals surface area (Å²) in [6.07, 6.45) is 2.75. The maximum absolute atomic E-state index is 13.5. The fourth-order valence-corrected chi connectivity index (χ4v) is 1.51. The number of nitrogens with two attached hydrogens (primary N) is 1. The molecule has 0 aliphatic heterocycles. The van der Waals surface area contributed by atoms with Gasteiger partial charge in [-0.15, -0.1) is 0 Å². The minimum absolute atomic E-state index is 0.0450. The number of nitrogens with zero attached hydrogens (tertiary/aromatic N) is 2. The molecule has 7 nitrogen and oxygen atoms in total. The second-order valence-electron chi connectivity index (χ2n) is 3.76. The van der Waals surface area contributed by atoms with Crippen molar-refractivity contribution in [3.8, 4) is 11.5 Å². The van der Waals surface area contributed by atoms with E-state index in [1.165, 1.54) is 24.5 Å². The first-order valence-corrected chi connectivity index (χ1v) is 5.39. The molecular weight excluding hydrogens is 267 g/mol. The zero-order valence-electron chi connectivity index (χ0n) is 10.0. The molecule has 0 bridgehead atoms. The number of hydrogen-bond acceptors (Lipinski definition) is 5. The molecule has 0 saturated heterocycles. The molecule has 0 spiro atoms. The van der Waals surface area contributed by atoms with Crippen molar-refractivity contribution < 1.29 is 14.1 Å². The van der Waals surface area contributed by atoms with Gasteiger partial charge < -0.3 is 10.5 Å². The van der Waals surface area contributed by atoms with E-state index in [1.807, 2.05) is 0 Å². The number of nitrogen functional groups attached to an aromatic ring is 1. The fraction of sp³-hybridized carbons (Fsp3) is 0. The summed E-state index contributed by atoms with van der Waals surface area (Å²) in [5.74, 6) is -1.04. The molecule has 8 heteroatoms. The highest BCUT2D eigenvalue weighted by atomic mass is 19.1. The molecule has 3 N–H and O–H groups in total. The number of nitro benzene ring substituents is 1. The Morgan fingerprint density at radius 2 is 2.20 bits per heavy atom. The van der Waals surface area contributed by atoms with Gasteiger partial charge in [0.2, 0.25) is 5.82 Å². The van der Waals surface area contributed by atoms with E-state index in [1.54, 1.807) is 0 Å². The monoisotopic (exact) mass is 276 g/mol. The molecule has 20 heavy (non-hydrogen) atoms. The molecule has 0 aliphatic carbocycles. The summed E-state index contributed by atoms with van der Waals surface area (Å²) in [5, 5.41) is 17.9. The van der Waals surface area contributed by atoms with Crippen molar-refractivity contribution in [3.05, 3.63) is 58.2 Å². The number of rotatable bonds is 4. The zero-order valence-corrected chi connectivity index (χ0v) is 10.0. The lowest BCUT2D eigenvalue weighted by molar-refractivity contribution is -0.387. The quantitative estimate of drug-likeness (QED) is 0.384. The van der Waals surface area contributed by atoms with E-state index in [4.69, 9.17) is 15.9 Å². The molecular formula is C12H9FN4O3. The Hall–Kier alpha value is -3.03. The molecule has 0 saturated carbocycles. The zero-order chi connectivity index (χ0) is 14.7. The molecule has 0 atom stereocenters. The van der Waals surface area contributed by atoms with Crippen molar-refractivity contribution in [2.45, 2.75) is 0 Å². The Morgan fingerprint density at radius 1 is 1.45 bits per heavy atom. The number of halogens is 1. The summed E-state index contributed by atoms with van der Waals surface area (Å²) in [5.41, 5.74) is 5.02. The Balaban J connectivity index is 2.34. The van der Waals surface area contributed by atoms with Crippen LogP contribution in [0.15, 0.2) is 36.7 Å². The van der Waals surface area contributed by atoms with E-state index in [0.717, 1.165) is 12.1 Å².